The number of piperidine rings is 1. The summed E-state index contributed by atoms with van der Waals surface area (Å²) in [6.07, 6.45) is -3.92. The molecule has 1 rings (SSSR count). The Morgan fingerprint density at radius 1 is 1.29 bits per heavy atom. The molecule has 0 aliphatic carbocycles. The van der Waals surface area contributed by atoms with Gasteiger partial charge in [-0.15, -0.1) is 11.8 Å². The lowest BCUT2D eigenvalue weighted by molar-refractivity contribution is -0.195. The van der Waals surface area contributed by atoms with E-state index in [1.165, 1.54) is 0 Å². The number of rotatable bonds is 4. The number of hydrogen-bond acceptors (Lipinski definition) is 3. The van der Waals surface area contributed by atoms with E-state index in [1.54, 1.807) is 4.90 Å². The van der Waals surface area contributed by atoms with Gasteiger partial charge in [0.05, 0.1) is 5.75 Å². The van der Waals surface area contributed by atoms with Crippen LogP contribution in [0, 0.1) is 0 Å². The monoisotopic (exact) mass is 271 g/mol. The largest absolute Gasteiger partial charge is 0.415 e. The Kier molecular flexibility index (Phi) is 5.58. The van der Waals surface area contributed by atoms with Gasteiger partial charge in [-0.2, -0.15) is 13.2 Å². The molecule has 1 amide bonds. The number of likely N-dealkylation sites (tertiary alicyclic amines) is 1. The predicted octanol–water partition coefficient (Wildman–Crippen LogP) is 1.66. The van der Waals surface area contributed by atoms with Gasteiger partial charge in [0.15, 0.2) is 6.10 Å². The molecule has 1 N–H and O–H groups in total. The minimum Gasteiger partial charge on any atom is -0.383 e. The normalized spacial score (nSPS) is 19.2. The zero-order chi connectivity index (χ0) is 12.9. The van der Waals surface area contributed by atoms with Gasteiger partial charge in [0.1, 0.15) is 0 Å². The Bertz CT molecular complexity index is 254. The van der Waals surface area contributed by atoms with E-state index < -0.39 is 18.0 Å². The number of aliphatic hydroxyl groups excluding tert-OH is 1. The van der Waals surface area contributed by atoms with Crippen molar-refractivity contribution in [2.24, 2.45) is 0 Å². The summed E-state index contributed by atoms with van der Waals surface area (Å²) in [7, 11) is 0. The van der Waals surface area contributed by atoms with Gasteiger partial charge in [0, 0.05) is 18.8 Å². The lowest BCUT2D eigenvalue weighted by atomic mass is 10.1. The third kappa shape index (κ3) is 5.16. The van der Waals surface area contributed by atoms with Crippen LogP contribution in [0.5, 0.6) is 0 Å². The van der Waals surface area contributed by atoms with Gasteiger partial charge in [-0.3, -0.25) is 4.79 Å². The van der Waals surface area contributed by atoms with E-state index in [4.69, 9.17) is 5.11 Å². The third-order valence-corrected chi connectivity index (χ3v) is 3.59. The number of amides is 1. The first kappa shape index (κ1) is 14.6. The van der Waals surface area contributed by atoms with E-state index in [0.29, 0.717) is 13.1 Å². The van der Waals surface area contributed by atoms with Crippen LogP contribution in [-0.2, 0) is 4.79 Å². The number of nitrogens with zero attached hydrogens (tertiary/aromatic N) is 1. The van der Waals surface area contributed by atoms with Crippen molar-refractivity contribution >= 4 is 17.7 Å². The molecule has 1 saturated heterocycles. The van der Waals surface area contributed by atoms with Gasteiger partial charge in [-0.25, -0.2) is 0 Å². The Balaban J connectivity index is 2.19. The van der Waals surface area contributed by atoms with Crippen LogP contribution in [-0.4, -0.2) is 52.8 Å². The molecule has 1 atom stereocenters. The molecule has 3 nitrogen and oxygen atoms in total. The first-order valence-electron chi connectivity index (χ1n) is 5.51. The highest BCUT2D eigenvalue weighted by atomic mass is 32.2. The highest BCUT2D eigenvalue weighted by molar-refractivity contribution is 7.99. The molecule has 1 heterocycles. The van der Waals surface area contributed by atoms with Gasteiger partial charge >= 0.3 is 6.18 Å². The fraction of sp³-hybridized carbons (Fsp3) is 0.900. The molecule has 0 spiro atoms. The van der Waals surface area contributed by atoms with Crippen LogP contribution in [0.3, 0.4) is 0 Å². The van der Waals surface area contributed by atoms with Crippen molar-refractivity contribution in [3.05, 3.63) is 0 Å². The van der Waals surface area contributed by atoms with Crippen molar-refractivity contribution in [1.82, 2.24) is 4.90 Å². The predicted molar refractivity (Wildman–Crippen MR) is 59.8 cm³/mol. The molecule has 0 saturated carbocycles. The van der Waals surface area contributed by atoms with Crippen molar-refractivity contribution in [3.8, 4) is 0 Å². The minimum absolute atomic E-state index is 0.00708. The number of carbonyl (C=O) groups is 1. The summed E-state index contributed by atoms with van der Waals surface area (Å²) in [6.45, 7) is 1.39. The topological polar surface area (TPSA) is 40.5 Å². The summed E-state index contributed by atoms with van der Waals surface area (Å²) in [5.41, 5.74) is 0. The highest BCUT2D eigenvalue weighted by Gasteiger charge is 2.37. The molecule has 1 fully saturated rings. The van der Waals surface area contributed by atoms with Crippen LogP contribution < -0.4 is 0 Å². The Morgan fingerprint density at radius 3 is 2.41 bits per heavy atom. The molecule has 1 aliphatic rings. The summed E-state index contributed by atoms with van der Waals surface area (Å²) in [6, 6.07) is 0. The van der Waals surface area contributed by atoms with Gasteiger partial charge in [0.25, 0.3) is 0 Å². The Labute approximate surface area is 102 Å². The average Bonchev–Trinajstić information content (AvgIpc) is 2.28. The Hall–Kier alpha value is -0.430. The highest BCUT2D eigenvalue weighted by Crippen LogP contribution is 2.23. The number of alkyl halides is 3. The first-order chi connectivity index (χ1) is 7.91. The summed E-state index contributed by atoms with van der Waals surface area (Å²) in [5, 5.41) is 8.74. The summed E-state index contributed by atoms with van der Waals surface area (Å²) in [5.74, 6) is -0.611. The van der Waals surface area contributed by atoms with E-state index in [1.807, 2.05) is 0 Å². The van der Waals surface area contributed by atoms with E-state index in [9.17, 15) is 18.0 Å². The molecule has 0 radical (unpaired) electrons. The first-order valence-corrected chi connectivity index (χ1v) is 6.67. The molecular formula is C10H16F3NO2S. The third-order valence-electron chi connectivity index (χ3n) is 2.59. The maximum Gasteiger partial charge on any atom is 0.415 e. The SMILES string of the molecule is O=C(CSCC(O)C(F)(F)F)N1CCCCC1. The van der Waals surface area contributed by atoms with Crippen molar-refractivity contribution in [2.75, 3.05) is 24.6 Å². The molecule has 0 aromatic carbocycles. The van der Waals surface area contributed by atoms with Crippen molar-refractivity contribution in [2.45, 2.75) is 31.5 Å². The van der Waals surface area contributed by atoms with Gasteiger partial charge in [-0.05, 0) is 19.3 Å². The van der Waals surface area contributed by atoms with Crippen LogP contribution in [0.4, 0.5) is 13.2 Å². The molecule has 17 heavy (non-hydrogen) atoms. The van der Waals surface area contributed by atoms with Crippen LogP contribution in [0.1, 0.15) is 19.3 Å². The summed E-state index contributed by atoms with van der Waals surface area (Å²) in [4.78, 5) is 13.2. The van der Waals surface area contributed by atoms with Crippen LogP contribution in [0.25, 0.3) is 0 Å². The van der Waals surface area contributed by atoms with E-state index >= 15 is 0 Å². The van der Waals surface area contributed by atoms with Gasteiger partial charge in [-0.1, -0.05) is 0 Å². The molecule has 0 aromatic heterocycles. The zero-order valence-corrected chi connectivity index (χ0v) is 10.2. The molecule has 1 unspecified atom stereocenters. The second kappa shape index (κ2) is 6.49. The van der Waals surface area contributed by atoms with E-state index in [-0.39, 0.29) is 11.7 Å². The number of halogens is 3. The maximum atomic E-state index is 12.0. The Morgan fingerprint density at radius 2 is 1.88 bits per heavy atom. The van der Waals surface area contributed by atoms with Crippen molar-refractivity contribution < 1.29 is 23.1 Å². The fourth-order valence-electron chi connectivity index (χ4n) is 1.59. The quantitative estimate of drug-likeness (QED) is 0.845. The van der Waals surface area contributed by atoms with E-state index in [2.05, 4.69) is 0 Å². The maximum absolute atomic E-state index is 12.0. The second-order valence-corrected chi connectivity index (χ2v) is 5.04. The summed E-state index contributed by atoms with van der Waals surface area (Å²) >= 11 is 0.829. The van der Waals surface area contributed by atoms with Crippen molar-refractivity contribution in [1.29, 1.82) is 0 Å². The van der Waals surface area contributed by atoms with Gasteiger partial charge < -0.3 is 10.0 Å². The zero-order valence-electron chi connectivity index (χ0n) is 9.37. The standard InChI is InChI=1S/C10H16F3NO2S/c11-10(12,13)8(15)6-17-7-9(16)14-4-2-1-3-5-14/h8,15H,1-7H2. The number of aliphatic hydroxyl groups is 1. The average molecular weight is 271 g/mol. The molecule has 0 bridgehead atoms. The molecular weight excluding hydrogens is 255 g/mol. The van der Waals surface area contributed by atoms with Gasteiger partial charge in [0.2, 0.25) is 5.91 Å². The number of thioether (sulfide) groups is 1. The summed E-state index contributed by atoms with van der Waals surface area (Å²) < 4.78 is 35.9. The lowest BCUT2D eigenvalue weighted by Crippen LogP contribution is -2.37. The lowest BCUT2D eigenvalue weighted by Gasteiger charge is -2.26. The van der Waals surface area contributed by atoms with E-state index in [0.717, 1.165) is 31.0 Å². The second-order valence-electron chi connectivity index (χ2n) is 4.01. The van der Waals surface area contributed by atoms with Crippen LogP contribution >= 0.6 is 11.8 Å². The van der Waals surface area contributed by atoms with Crippen molar-refractivity contribution in [3.63, 3.8) is 0 Å². The fourth-order valence-corrected chi connectivity index (χ4v) is 2.47. The van der Waals surface area contributed by atoms with Crippen LogP contribution in [0.2, 0.25) is 0 Å². The minimum atomic E-state index is -4.60. The number of hydrogen-bond donors (Lipinski definition) is 1. The molecule has 0 aromatic rings. The van der Waals surface area contributed by atoms with Crippen LogP contribution in [0.15, 0.2) is 0 Å². The molecule has 7 heteroatoms. The molecule has 1 aliphatic heterocycles. The molecule has 100 valence electrons. The smallest absolute Gasteiger partial charge is 0.383 e. The number of carbonyl (C=O) groups excluding carboxylic acids is 1.